The third kappa shape index (κ3) is 3.20. The molecule has 0 spiro atoms. The molecule has 3 atom stereocenters. The van der Waals surface area contributed by atoms with Crippen LogP contribution in [0.1, 0.15) is 44.2 Å². The standard InChI is InChI=1S/C16H25FN2O2/c1-11-5-4-8-16(10-11,21-3)15(19-18)13-9-12(17)6-7-14(13)20-2/h6-7,9,11,15,19H,4-5,8,10,18H2,1-3H3. The van der Waals surface area contributed by atoms with Gasteiger partial charge in [-0.3, -0.25) is 5.84 Å². The Hall–Kier alpha value is -1.17. The monoisotopic (exact) mass is 296 g/mol. The topological polar surface area (TPSA) is 56.5 Å². The van der Waals surface area contributed by atoms with Crippen molar-refractivity contribution in [1.29, 1.82) is 0 Å². The van der Waals surface area contributed by atoms with Gasteiger partial charge in [0.25, 0.3) is 0 Å². The summed E-state index contributed by atoms with van der Waals surface area (Å²) in [7, 11) is 3.28. The maximum atomic E-state index is 13.7. The highest BCUT2D eigenvalue weighted by Gasteiger charge is 2.43. The van der Waals surface area contributed by atoms with Crippen LogP contribution >= 0.6 is 0 Å². The Bertz CT molecular complexity index is 483. The number of rotatable bonds is 5. The van der Waals surface area contributed by atoms with E-state index in [0.29, 0.717) is 17.2 Å². The minimum Gasteiger partial charge on any atom is -0.496 e. The average molecular weight is 296 g/mol. The van der Waals surface area contributed by atoms with Crippen LogP contribution in [-0.4, -0.2) is 19.8 Å². The average Bonchev–Trinajstić information content (AvgIpc) is 2.48. The fraction of sp³-hybridized carbons (Fsp3) is 0.625. The molecule has 3 N–H and O–H groups in total. The van der Waals surface area contributed by atoms with E-state index in [9.17, 15) is 4.39 Å². The normalized spacial score (nSPS) is 27.4. The quantitative estimate of drug-likeness (QED) is 0.648. The first-order chi connectivity index (χ1) is 10.1. The molecule has 2 rings (SSSR count). The Labute approximate surface area is 125 Å². The molecule has 0 aliphatic heterocycles. The molecule has 5 heteroatoms. The van der Waals surface area contributed by atoms with Crippen molar-refractivity contribution in [3.05, 3.63) is 29.6 Å². The van der Waals surface area contributed by atoms with Crippen LogP contribution in [0.15, 0.2) is 18.2 Å². The third-order valence-electron chi connectivity index (χ3n) is 4.59. The Morgan fingerprint density at radius 1 is 1.43 bits per heavy atom. The lowest BCUT2D eigenvalue weighted by atomic mass is 9.72. The number of hydrogen-bond acceptors (Lipinski definition) is 4. The first-order valence-corrected chi connectivity index (χ1v) is 7.41. The highest BCUT2D eigenvalue weighted by Crippen LogP contribution is 2.45. The van der Waals surface area contributed by atoms with Gasteiger partial charge in [-0.25, -0.2) is 9.82 Å². The molecule has 1 aromatic carbocycles. The van der Waals surface area contributed by atoms with Crippen LogP contribution in [0.25, 0.3) is 0 Å². The number of hydrogen-bond donors (Lipinski definition) is 2. The van der Waals surface area contributed by atoms with Gasteiger partial charge in [0.1, 0.15) is 11.6 Å². The fourth-order valence-corrected chi connectivity index (χ4v) is 3.57. The summed E-state index contributed by atoms with van der Waals surface area (Å²) in [5.74, 6) is 6.67. The molecule has 1 aliphatic rings. The first kappa shape index (κ1) is 16.2. The Morgan fingerprint density at radius 2 is 2.19 bits per heavy atom. The van der Waals surface area contributed by atoms with Crippen LogP contribution in [0.4, 0.5) is 4.39 Å². The molecule has 0 heterocycles. The summed E-state index contributed by atoms with van der Waals surface area (Å²) in [5, 5.41) is 0. The van der Waals surface area contributed by atoms with Gasteiger partial charge in [0, 0.05) is 12.7 Å². The maximum Gasteiger partial charge on any atom is 0.124 e. The SMILES string of the molecule is COc1ccc(F)cc1C(NN)C1(OC)CCCC(C)C1. The van der Waals surface area contributed by atoms with Crippen LogP contribution in [0.5, 0.6) is 5.75 Å². The number of halogens is 1. The number of benzene rings is 1. The van der Waals surface area contributed by atoms with Crippen molar-refractivity contribution in [1.82, 2.24) is 5.43 Å². The van der Waals surface area contributed by atoms with Crippen LogP contribution in [-0.2, 0) is 4.74 Å². The van der Waals surface area contributed by atoms with E-state index >= 15 is 0 Å². The highest BCUT2D eigenvalue weighted by atomic mass is 19.1. The van der Waals surface area contributed by atoms with Gasteiger partial charge in [-0.1, -0.05) is 19.8 Å². The van der Waals surface area contributed by atoms with Crippen LogP contribution in [0.2, 0.25) is 0 Å². The molecule has 0 bridgehead atoms. The molecule has 1 fully saturated rings. The van der Waals surface area contributed by atoms with Crippen molar-refractivity contribution in [2.24, 2.45) is 11.8 Å². The lowest BCUT2D eigenvalue weighted by molar-refractivity contribution is -0.0810. The fourth-order valence-electron chi connectivity index (χ4n) is 3.57. The van der Waals surface area contributed by atoms with Crippen molar-refractivity contribution in [3.8, 4) is 5.75 Å². The van der Waals surface area contributed by atoms with E-state index < -0.39 is 5.60 Å². The second-order valence-electron chi connectivity index (χ2n) is 5.96. The summed E-state index contributed by atoms with van der Waals surface area (Å²) in [5.41, 5.74) is 3.10. The minimum absolute atomic E-state index is 0.304. The zero-order chi connectivity index (χ0) is 15.5. The number of hydrazine groups is 1. The summed E-state index contributed by atoms with van der Waals surface area (Å²) >= 11 is 0. The molecule has 3 unspecified atom stereocenters. The predicted octanol–water partition coefficient (Wildman–Crippen LogP) is 2.93. The third-order valence-corrected chi connectivity index (χ3v) is 4.59. The molecular weight excluding hydrogens is 271 g/mol. The van der Waals surface area contributed by atoms with Gasteiger partial charge in [-0.15, -0.1) is 0 Å². The van der Waals surface area contributed by atoms with Crippen molar-refractivity contribution in [3.63, 3.8) is 0 Å². The summed E-state index contributed by atoms with van der Waals surface area (Å²) in [6.07, 6.45) is 4.04. The van der Waals surface area contributed by atoms with Crippen molar-refractivity contribution in [2.45, 2.75) is 44.2 Å². The van der Waals surface area contributed by atoms with Crippen molar-refractivity contribution >= 4 is 0 Å². The number of methoxy groups -OCH3 is 2. The lowest BCUT2D eigenvalue weighted by Gasteiger charge is -2.44. The molecule has 1 saturated carbocycles. The molecule has 21 heavy (non-hydrogen) atoms. The zero-order valence-electron chi connectivity index (χ0n) is 13.0. The molecule has 118 valence electrons. The van der Waals surface area contributed by atoms with Gasteiger partial charge in [-0.2, -0.15) is 0 Å². The Balaban J connectivity index is 2.44. The van der Waals surface area contributed by atoms with Gasteiger partial charge in [0.05, 0.1) is 18.8 Å². The second kappa shape index (κ2) is 6.73. The van der Waals surface area contributed by atoms with E-state index in [1.54, 1.807) is 20.3 Å². The largest absolute Gasteiger partial charge is 0.496 e. The molecule has 0 amide bonds. The summed E-state index contributed by atoms with van der Waals surface area (Å²) in [6, 6.07) is 4.18. The number of nitrogens with two attached hydrogens (primary N) is 1. The summed E-state index contributed by atoms with van der Waals surface area (Å²) in [4.78, 5) is 0. The summed E-state index contributed by atoms with van der Waals surface area (Å²) in [6.45, 7) is 2.21. The highest BCUT2D eigenvalue weighted by molar-refractivity contribution is 5.38. The van der Waals surface area contributed by atoms with E-state index in [1.807, 2.05) is 0 Å². The molecular formula is C16H25FN2O2. The van der Waals surface area contributed by atoms with E-state index in [4.69, 9.17) is 15.3 Å². The van der Waals surface area contributed by atoms with E-state index in [1.165, 1.54) is 18.6 Å². The van der Waals surface area contributed by atoms with E-state index in [0.717, 1.165) is 19.3 Å². The van der Waals surface area contributed by atoms with Crippen LogP contribution in [0.3, 0.4) is 0 Å². The number of nitrogens with one attached hydrogen (secondary N) is 1. The first-order valence-electron chi connectivity index (χ1n) is 7.41. The predicted molar refractivity (Wildman–Crippen MR) is 80.4 cm³/mol. The van der Waals surface area contributed by atoms with Crippen LogP contribution < -0.4 is 16.0 Å². The molecule has 1 aliphatic carbocycles. The minimum atomic E-state index is -0.437. The van der Waals surface area contributed by atoms with E-state index in [-0.39, 0.29) is 11.9 Å². The van der Waals surface area contributed by atoms with Gasteiger partial charge in [0.2, 0.25) is 0 Å². The molecule has 1 aromatic rings. The maximum absolute atomic E-state index is 13.7. The van der Waals surface area contributed by atoms with Gasteiger partial charge in [-0.05, 0) is 37.0 Å². The van der Waals surface area contributed by atoms with E-state index in [2.05, 4.69) is 12.3 Å². The van der Waals surface area contributed by atoms with Gasteiger partial charge >= 0.3 is 0 Å². The molecule has 0 radical (unpaired) electrons. The lowest BCUT2D eigenvalue weighted by Crippen LogP contribution is -2.50. The molecule has 0 saturated heterocycles. The Kier molecular flexibility index (Phi) is 5.19. The molecule has 0 aromatic heterocycles. The van der Waals surface area contributed by atoms with Gasteiger partial charge in [0.15, 0.2) is 0 Å². The van der Waals surface area contributed by atoms with Gasteiger partial charge < -0.3 is 9.47 Å². The summed E-state index contributed by atoms with van der Waals surface area (Å²) < 4.78 is 24.9. The second-order valence-corrected chi connectivity index (χ2v) is 5.96. The smallest absolute Gasteiger partial charge is 0.124 e. The van der Waals surface area contributed by atoms with Crippen molar-refractivity contribution in [2.75, 3.05) is 14.2 Å². The zero-order valence-corrected chi connectivity index (χ0v) is 13.0. The van der Waals surface area contributed by atoms with Crippen LogP contribution in [0, 0.1) is 11.7 Å². The molecule has 4 nitrogen and oxygen atoms in total. The Morgan fingerprint density at radius 3 is 2.76 bits per heavy atom. The van der Waals surface area contributed by atoms with Crippen molar-refractivity contribution < 1.29 is 13.9 Å². The number of ether oxygens (including phenoxy) is 2.